The number of carbonyl (C=O) groups excluding carboxylic acids is 1. The maximum absolute atomic E-state index is 12.5. The van der Waals surface area contributed by atoms with Gasteiger partial charge in [-0.05, 0) is 36.8 Å². The number of ether oxygens (including phenoxy) is 3. The summed E-state index contributed by atoms with van der Waals surface area (Å²) in [6, 6.07) is 9.26. The van der Waals surface area contributed by atoms with Gasteiger partial charge in [0.1, 0.15) is 17.6 Å². The van der Waals surface area contributed by atoms with E-state index >= 15 is 0 Å². The van der Waals surface area contributed by atoms with Crippen LogP contribution in [0.1, 0.15) is 39.6 Å². The molecule has 1 atom stereocenters. The van der Waals surface area contributed by atoms with E-state index in [0.29, 0.717) is 22.9 Å². The molecule has 0 amide bonds. The molecule has 5 heteroatoms. The monoisotopic (exact) mass is 330 g/mol. The Morgan fingerprint density at radius 1 is 1.22 bits per heavy atom. The highest BCUT2D eigenvalue weighted by molar-refractivity contribution is 6.30. The largest absolute Gasteiger partial charge is 0.484 e. The van der Waals surface area contributed by atoms with Crippen molar-refractivity contribution in [1.29, 1.82) is 0 Å². The minimum absolute atomic E-state index is 0.0667. The fraction of sp³-hybridized carbons (Fsp3) is 0.278. The molecule has 2 heterocycles. The van der Waals surface area contributed by atoms with E-state index in [1.54, 1.807) is 0 Å². The number of benzene rings is 2. The van der Waals surface area contributed by atoms with Crippen molar-refractivity contribution in [2.24, 2.45) is 0 Å². The molecule has 118 valence electrons. The Kier molecular flexibility index (Phi) is 3.51. The first-order valence-electron chi connectivity index (χ1n) is 7.45. The first kappa shape index (κ1) is 14.5. The average Bonchev–Trinajstić information content (AvgIpc) is 2.53. The van der Waals surface area contributed by atoms with Crippen LogP contribution in [0.15, 0.2) is 30.3 Å². The minimum Gasteiger partial charge on any atom is -0.484 e. The predicted molar refractivity (Wildman–Crippen MR) is 85.2 cm³/mol. The number of aryl methyl sites for hydroxylation is 1. The van der Waals surface area contributed by atoms with Gasteiger partial charge in [-0.1, -0.05) is 17.7 Å². The normalized spacial score (nSPS) is 19.4. The number of carbonyl (C=O) groups is 1. The molecule has 2 aromatic carbocycles. The van der Waals surface area contributed by atoms with Crippen LogP contribution in [0, 0.1) is 6.92 Å². The summed E-state index contributed by atoms with van der Waals surface area (Å²) >= 11 is 6.21. The topological polar surface area (TPSA) is 44.8 Å². The van der Waals surface area contributed by atoms with Crippen molar-refractivity contribution in [3.63, 3.8) is 0 Å². The van der Waals surface area contributed by atoms with Gasteiger partial charge in [0.25, 0.3) is 0 Å². The number of ketones is 1. The Bertz CT molecular complexity index is 800. The predicted octanol–water partition coefficient (Wildman–Crippen LogP) is 4.22. The highest BCUT2D eigenvalue weighted by Crippen LogP contribution is 2.42. The van der Waals surface area contributed by atoms with Crippen LogP contribution < -0.4 is 9.47 Å². The van der Waals surface area contributed by atoms with E-state index < -0.39 is 6.10 Å². The lowest BCUT2D eigenvalue weighted by Crippen LogP contribution is -2.23. The zero-order chi connectivity index (χ0) is 16.0. The molecule has 23 heavy (non-hydrogen) atoms. The number of rotatable bonds is 1. The van der Waals surface area contributed by atoms with Gasteiger partial charge in [0.2, 0.25) is 0 Å². The van der Waals surface area contributed by atoms with Crippen LogP contribution >= 0.6 is 11.6 Å². The summed E-state index contributed by atoms with van der Waals surface area (Å²) in [6.07, 6.45) is -0.130. The Morgan fingerprint density at radius 3 is 2.96 bits per heavy atom. The highest BCUT2D eigenvalue weighted by atomic mass is 35.5. The van der Waals surface area contributed by atoms with Gasteiger partial charge in [-0.25, -0.2) is 0 Å². The molecule has 0 aliphatic carbocycles. The fourth-order valence-corrected chi connectivity index (χ4v) is 3.30. The highest BCUT2D eigenvalue weighted by Gasteiger charge is 2.31. The molecule has 0 bridgehead atoms. The summed E-state index contributed by atoms with van der Waals surface area (Å²) < 4.78 is 17.0. The zero-order valence-corrected chi connectivity index (χ0v) is 13.4. The van der Waals surface area contributed by atoms with Crippen LogP contribution in [-0.2, 0) is 11.3 Å². The molecule has 0 unspecified atom stereocenters. The number of hydrogen-bond donors (Lipinski definition) is 0. The van der Waals surface area contributed by atoms with Gasteiger partial charge in [-0.2, -0.15) is 0 Å². The molecule has 4 nitrogen and oxygen atoms in total. The molecule has 0 radical (unpaired) electrons. The van der Waals surface area contributed by atoms with E-state index in [1.165, 1.54) is 0 Å². The van der Waals surface area contributed by atoms with E-state index in [9.17, 15) is 4.79 Å². The molecule has 2 aliphatic rings. The molecule has 0 saturated heterocycles. The van der Waals surface area contributed by atoms with Crippen molar-refractivity contribution in [2.75, 3.05) is 6.79 Å². The molecule has 0 saturated carbocycles. The van der Waals surface area contributed by atoms with E-state index in [2.05, 4.69) is 0 Å². The molecular weight excluding hydrogens is 316 g/mol. The van der Waals surface area contributed by atoms with Gasteiger partial charge in [-0.15, -0.1) is 0 Å². The second-order valence-corrected chi connectivity index (χ2v) is 6.26. The maximum atomic E-state index is 12.5. The first-order valence-corrected chi connectivity index (χ1v) is 7.83. The van der Waals surface area contributed by atoms with E-state index in [4.69, 9.17) is 25.8 Å². The van der Waals surface area contributed by atoms with Crippen LogP contribution in [0.5, 0.6) is 11.5 Å². The lowest BCUT2D eigenvalue weighted by Gasteiger charge is -2.29. The third kappa shape index (κ3) is 2.58. The summed E-state index contributed by atoms with van der Waals surface area (Å²) in [6.45, 7) is 2.61. The summed E-state index contributed by atoms with van der Waals surface area (Å²) in [5.74, 6) is 1.40. The molecular formula is C18H15ClO4. The van der Waals surface area contributed by atoms with Crippen molar-refractivity contribution < 1.29 is 19.0 Å². The Morgan fingerprint density at radius 2 is 2.09 bits per heavy atom. The van der Waals surface area contributed by atoms with Gasteiger partial charge in [-0.3, -0.25) is 4.79 Å². The zero-order valence-electron chi connectivity index (χ0n) is 12.6. The third-order valence-corrected chi connectivity index (χ3v) is 4.35. The molecule has 0 spiro atoms. The van der Waals surface area contributed by atoms with Crippen molar-refractivity contribution >= 4 is 17.4 Å². The Balaban J connectivity index is 1.78. The van der Waals surface area contributed by atoms with Crippen LogP contribution in [0.2, 0.25) is 5.02 Å². The maximum Gasteiger partial charge on any atom is 0.189 e. The van der Waals surface area contributed by atoms with Crippen molar-refractivity contribution in [2.45, 2.75) is 26.1 Å². The fourth-order valence-electron chi connectivity index (χ4n) is 3.05. The molecule has 2 aliphatic heterocycles. The number of fused-ring (bicyclic) bond motifs is 2. The van der Waals surface area contributed by atoms with Gasteiger partial charge < -0.3 is 14.2 Å². The van der Waals surface area contributed by atoms with Crippen LogP contribution in [0.25, 0.3) is 0 Å². The third-order valence-electron chi connectivity index (χ3n) is 4.13. The SMILES string of the molecule is Cc1ccc2c(c1)O[C@H](c1cc(Cl)cc3c1OCOC3)CC2=O. The van der Waals surface area contributed by atoms with Gasteiger partial charge in [0, 0.05) is 16.1 Å². The van der Waals surface area contributed by atoms with E-state index in [1.807, 2.05) is 37.3 Å². The Labute approximate surface area is 138 Å². The number of Topliss-reactive ketones (excluding diaryl/α,β-unsaturated/α-hetero) is 1. The van der Waals surface area contributed by atoms with E-state index in [-0.39, 0.29) is 19.0 Å². The lowest BCUT2D eigenvalue weighted by atomic mass is 9.94. The quantitative estimate of drug-likeness (QED) is 0.785. The molecule has 0 N–H and O–H groups in total. The van der Waals surface area contributed by atoms with Gasteiger partial charge >= 0.3 is 0 Å². The van der Waals surface area contributed by atoms with Gasteiger partial charge in [0.05, 0.1) is 18.6 Å². The summed E-state index contributed by atoms with van der Waals surface area (Å²) in [7, 11) is 0. The Hall–Kier alpha value is -2.04. The van der Waals surface area contributed by atoms with Crippen molar-refractivity contribution in [1.82, 2.24) is 0 Å². The second-order valence-electron chi connectivity index (χ2n) is 5.83. The van der Waals surface area contributed by atoms with E-state index in [0.717, 1.165) is 22.4 Å². The van der Waals surface area contributed by atoms with Crippen LogP contribution in [0.4, 0.5) is 0 Å². The number of hydrogen-bond acceptors (Lipinski definition) is 4. The van der Waals surface area contributed by atoms with Crippen LogP contribution in [0.3, 0.4) is 0 Å². The van der Waals surface area contributed by atoms with Crippen LogP contribution in [-0.4, -0.2) is 12.6 Å². The molecule has 0 fully saturated rings. The second kappa shape index (κ2) is 5.55. The summed E-state index contributed by atoms with van der Waals surface area (Å²) in [4.78, 5) is 12.5. The first-order chi connectivity index (χ1) is 11.1. The van der Waals surface area contributed by atoms with Gasteiger partial charge in [0.15, 0.2) is 12.6 Å². The molecule has 4 rings (SSSR count). The lowest BCUT2D eigenvalue weighted by molar-refractivity contribution is -0.0183. The minimum atomic E-state index is -0.401. The number of halogens is 1. The van der Waals surface area contributed by atoms with Crippen molar-refractivity contribution in [3.05, 3.63) is 57.6 Å². The van der Waals surface area contributed by atoms with Crippen molar-refractivity contribution in [3.8, 4) is 11.5 Å². The molecule has 2 aromatic rings. The average molecular weight is 331 g/mol. The summed E-state index contributed by atoms with van der Waals surface area (Å²) in [5.41, 5.74) is 3.36. The smallest absolute Gasteiger partial charge is 0.189 e. The summed E-state index contributed by atoms with van der Waals surface area (Å²) in [5, 5.41) is 0.582. The molecule has 0 aromatic heterocycles. The standard InChI is InChI=1S/C18H15ClO4/c1-10-2-3-13-15(20)7-17(23-16(13)4-10)14-6-12(19)5-11-8-21-9-22-18(11)14/h2-6,17H,7-9H2,1H3/t17-/m0/s1.